The summed E-state index contributed by atoms with van der Waals surface area (Å²) < 4.78 is 1.09. The van der Waals surface area contributed by atoms with Crippen molar-refractivity contribution in [2.24, 2.45) is 16.7 Å². The Bertz CT molecular complexity index is 190. The molecule has 66 valence electrons. The second-order valence-electron chi connectivity index (χ2n) is 5.31. The number of rotatable bonds is 0. The molecule has 0 spiro atoms. The molecule has 12 heavy (non-hydrogen) atoms. The van der Waals surface area contributed by atoms with Crippen molar-refractivity contribution in [3.8, 4) is 0 Å². The van der Waals surface area contributed by atoms with Crippen LogP contribution in [0.4, 0.5) is 0 Å². The molecule has 0 aromatic carbocycles. The van der Waals surface area contributed by atoms with E-state index in [2.05, 4.69) is 20.8 Å². The van der Waals surface area contributed by atoms with Gasteiger partial charge in [0.25, 0.3) is 0 Å². The molecule has 0 nitrogen and oxygen atoms in total. The zero-order valence-corrected chi connectivity index (χ0v) is 12.9. The van der Waals surface area contributed by atoms with Crippen molar-refractivity contribution in [1.29, 1.82) is 0 Å². The second kappa shape index (κ2) is 3.05. The van der Waals surface area contributed by atoms with E-state index in [1.807, 2.05) is 0 Å². The van der Waals surface area contributed by atoms with Gasteiger partial charge in [-0.1, -0.05) is 0 Å². The molecule has 2 saturated carbocycles. The topological polar surface area (TPSA) is 0 Å². The van der Waals surface area contributed by atoms with E-state index in [1.165, 1.54) is 31.1 Å². The molecule has 0 aromatic rings. The quantitative estimate of drug-likeness (QED) is 0.556. The first-order valence-corrected chi connectivity index (χ1v) is 6.53. The van der Waals surface area contributed by atoms with Gasteiger partial charge >= 0.3 is 79.6 Å². The predicted octanol–water partition coefficient (Wildman–Crippen LogP) is 0.172. The monoisotopic (exact) mass is 280 g/mol. The zero-order valence-electron chi connectivity index (χ0n) is 8.36. The summed E-state index contributed by atoms with van der Waals surface area (Å²) in [6, 6.07) is 0. The second-order valence-corrected chi connectivity index (χ2v) is 7.38. The molecule has 0 amide bonds. The molecule has 3 unspecified atom stereocenters. The largest absolute Gasteiger partial charge is 1.00 e. The maximum Gasteiger partial charge on any atom is -1.00 e. The van der Waals surface area contributed by atoms with Crippen LogP contribution in [-0.4, -0.2) is 0 Å². The molecule has 0 heterocycles. The van der Waals surface area contributed by atoms with Crippen molar-refractivity contribution in [3.05, 3.63) is 0 Å². The third-order valence-corrected chi connectivity index (χ3v) is 7.56. The van der Waals surface area contributed by atoms with Crippen LogP contribution in [0.15, 0.2) is 0 Å². The third kappa shape index (κ3) is 1.10. The van der Waals surface area contributed by atoms with Crippen LogP contribution in [0.1, 0.15) is 40.0 Å². The molecule has 0 N–H and O–H groups in total. The Balaban J connectivity index is 0.000000720. The summed E-state index contributed by atoms with van der Waals surface area (Å²) >= 11 is 1.52. The van der Waals surface area contributed by atoms with Crippen LogP contribution in [0.3, 0.4) is 0 Å². The van der Waals surface area contributed by atoms with Gasteiger partial charge in [-0.3, -0.25) is 0 Å². The fourth-order valence-corrected chi connectivity index (χ4v) is 5.75. The molecule has 2 fully saturated rings. The first-order chi connectivity index (χ1) is 4.98. The Morgan fingerprint density at radius 3 is 2.00 bits per heavy atom. The predicted molar refractivity (Wildman–Crippen MR) is 43.0 cm³/mol. The van der Waals surface area contributed by atoms with Crippen LogP contribution in [0, 0.1) is 16.7 Å². The Hall–Kier alpha value is 1.10. The maximum atomic E-state index is 2.54. The van der Waals surface area contributed by atoms with Gasteiger partial charge in [0, 0.05) is 0 Å². The van der Waals surface area contributed by atoms with Crippen LogP contribution in [0.2, 0.25) is 4.51 Å². The summed E-state index contributed by atoms with van der Waals surface area (Å²) in [4.78, 5) is 0. The van der Waals surface area contributed by atoms with Crippen LogP contribution in [0.25, 0.3) is 0 Å². The van der Waals surface area contributed by atoms with Gasteiger partial charge < -0.3 is 17.0 Å². The SMILES string of the molecule is CC1(C)C2CCC1(C)[CH]([Zn+])C2.[Br-]. The van der Waals surface area contributed by atoms with Gasteiger partial charge in [-0.25, -0.2) is 0 Å². The van der Waals surface area contributed by atoms with E-state index in [0.717, 1.165) is 15.8 Å². The van der Waals surface area contributed by atoms with E-state index >= 15 is 0 Å². The summed E-state index contributed by atoms with van der Waals surface area (Å²) in [6.45, 7) is 7.54. The molecule has 2 aliphatic rings. The van der Waals surface area contributed by atoms with Gasteiger partial charge in [-0.05, 0) is 0 Å². The Morgan fingerprint density at radius 1 is 1.25 bits per heavy atom. The van der Waals surface area contributed by atoms with E-state index in [9.17, 15) is 0 Å². The van der Waals surface area contributed by atoms with Crippen molar-refractivity contribution in [3.63, 3.8) is 0 Å². The van der Waals surface area contributed by atoms with Gasteiger partial charge in [-0.15, -0.1) is 0 Å². The van der Waals surface area contributed by atoms with Gasteiger partial charge in [0.1, 0.15) is 0 Å². The summed E-state index contributed by atoms with van der Waals surface area (Å²) in [5.74, 6) is 1.06. The van der Waals surface area contributed by atoms with Crippen molar-refractivity contribution in [2.75, 3.05) is 0 Å². The fraction of sp³-hybridized carbons (Fsp3) is 1.00. The molecule has 2 bridgehead atoms. The third-order valence-electron chi connectivity index (χ3n) is 4.97. The van der Waals surface area contributed by atoms with Gasteiger partial charge in [0.2, 0.25) is 0 Å². The number of fused-ring (bicyclic) bond motifs is 2. The maximum absolute atomic E-state index is 2.54. The number of hydrogen-bond donors (Lipinski definition) is 0. The van der Waals surface area contributed by atoms with E-state index in [-0.39, 0.29) is 17.0 Å². The Labute approximate surface area is 96.3 Å². The number of halogens is 1. The van der Waals surface area contributed by atoms with Crippen LogP contribution >= 0.6 is 0 Å². The summed E-state index contributed by atoms with van der Waals surface area (Å²) in [6.07, 6.45) is 4.57. The summed E-state index contributed by atoms with van der Waals surface area (Å²) in [5.41, 5.74) is 1.38. The molecule has 0 saturated heterocycles. The Morgan fingerprint density at radius 2 is 1.83 bits per heavy atom. The van der Waals surface area contributed by atoms with Crippen molar-refractivity contribution < 1.29 is 35.3 Å². The minimum absolute atomic E-state index is 0. The molecule has 2 rings (SSSR count). The fourth-order valence-electron chi connectivity index (χ4n) is 3.37. The van der Waals surface area contributed by atoms with Crippen LogP contribution in [-0.2, 0) is 18.3 Å². The standard InChI is InChI=1S/C10H17.BrH.Zn/c1-9(2)8-4-6-10(9,3)7-5-8;;/h6,8H,4-5,7H2,1-3H3;1H;/q;;+1/p-1. The normalized spacial score (nSPS) is 49.1. The minimum Gasteiger partial charge on any atom is -1.00 e. The molecule has 0 radical (unpaired) electrons. The van der Waals surface area contributed by atoms with Crippen LogP contribution < -0.4 is 17.0 Å². The van der Waals surface area contributed by atoms with Crippen LogP contribution in [0.5, 0.6) is 0 Å². The van der Waals surface area contributed by atoms with Gasteiger partial charge in [-0.2, -0.15) is 0 Å². The smallest absolute Gasteiger partial charge is 1.00 e. The van der Waals surface area contributed by atoms with Crippen molar-refractivity contribution >= 4 is 0 Å². The first kappa shape index (κ1) is 11.2. The molecule has 2 aliphatic carbocycles. The zero-order chi connectivity index (χ0) is 8.28. The molecule has 0 aromatic heterocycles. The molecular formula is C10H17BrZn. The van der Waals surface area contributed by atoms with Crippen molar-refractivity contribution in [1.82, 2.24) is 0 Å². The van der Waals surface area contributed by atoms with Gasteiger partial charge in [0.15, 0.2) is 0 Å². The van der Waals surface area contributed by atoms with E-state index in [1.54, 1.807) is 6.42 Å². The Kier molecular flexibility index (Phi) is 2.85. The first-order valence-electron chi connectivity index (χ1n) is 4.81. The van der Waals surface area contributed by atoms with Crippen molar-refractivity contribution in [2.45, 2.75) is 44.5 Å². The minimum atomic E-state index is 0. The van der Waals surface area contributed by atoms with E-state index in [0.29, 0.717) is 5.41 Å². The number of hydrogen-bond acceptors (Lipinski definition) is 0. The van der Waals surface area contributed by atoms with E-state index < -0.39 is 0 Å². The molecule has 2 heteroatoms. The summed E-state index contributed by atoms with van der Waals surface area (Å²) in [7, 11) is 0. The average Bonchev–Trinajstić information content (AvgIpc) is 2.20. The van der Waals surface area contributed by atoms with Gasteiger partial charge in [0.05, 0.1) is 0 Å². The summed E-state index contributed by atoms with van der Waals surface area (Å²) in [5, 5.41) is 0. The van der Waals surface area contributed by atoms with E-state index in [4.69, 9.17) is 0 Å². The molecule has 3 atom stereocenters. The molecule has 0 aliphatic heterocycles. The average molecular weight is 283 g/mol. The molecular weight excluding hydrogens is 265 g/mol.